The molecule has 0 spiro atoms. The second kappa shape index (κ2) is 8.48. The highest BCUT2D eigenvalue weighted by Gasteiger charge is 2.26. The summed E-state index contributed by atoms with van der Waals surface area (Å²) in [6.45, 7) is 12.1. The summed E-state index contributed by atoms with van der Waals surface area (Å²) >= 11 is 0. The van der Waals surface area contributed by atoms with Crippen LogP contribution in [0.15, 0.2) is 60.7 Å². The first-order valence-electron chi connectivity index (χ1n) is 9.83. The van der Waals surface area contributed by atoms with Crippen LogP contribution in [0.3, 0.4) is 0 Å². The summed E-state index contributed by atoms with van der Waals surface area (Å²) in [7, 11) is 0. The standard InChI is InChI=1S/C23H31N5/c1-15(2)21(25)13-27-23-8-6-20(12-26-23)19-5-7-22(16(3)9-19)28-14-18(11-24)10-17(28)4/h5-9,12-13,15,18H,4,10-11,14,24-25H2,1-3H3,(H,26,27)/b21-13-. The second-order valence-corrected chi connectivity index (χ2v) is 7.86. The minimum atomic E-state index is 0.306. The zero-order chi connectivity index (χ0) is 20.3. The van der Waals surface area contributed by atoms with E-state index in [1.54, 1.807) is 0 Å². The average Bonchev–Trinajstić information content (AvgIpc) is 3.07. The smallest absolute Gasteiger partial charge is 0.129 e. The lowest BCUT2D eigenvalue weighted by Gasteiger charge is -2.22. The van der Waals surface area contributed by atoms with Crippen molar-refractivity contribution in [3.8, 4) is 11.1 Å². The van der Waals surface area contributed by atoms with Crippen LogP contribution in [0.1, 0.15) is 25.8 Å². The number of pyridine rings is 1. The Hall–Kier alpha value is -2.79. The maximum absolute atomic E-state index is 5.95. The van der Waals surface area contributed by atoms with Gasteiger partial charge in [0.05, 0.1) is 0 Å². The molecule has 0 aliphatic carbocycles. The fourth-order valence-electron chi connectivity index (χ4n) is 3.43. The first-order chi connectivity index (χ1) is 13.4. The van der Waals surface area contributed by atoms with Crippen LogP contribution in [0.25, 0.3) is 11.1 Å². The van der Waals surface area contributed by atoms with Gasteiger partial charge in [-0.3, -0.25) is 0 Å². The molecule has 2 heterocycles. The van der Waals surface area contributed by atoms with Crippen LogP contribution in [0.5, 0.6) is 0 Å². The molecule has 1 aliphatic heterocycles. The second-order valence-electron chi connectivity index (χ2n) is 7.86. The summed E-state index contributed by atoms with van der Waals surface area (Å²) in [6.07, 6.45) is 4.67. The summed E-state index contributed by atoms with van der Waals surface area (Å²) in [4.78, 5) is 6.80. The molecule has 0 bridgehead atoms. The van der Waals surface area contributed by atoms with E-state index in [2.05, 4.69) is 66.8 Å². The van der Waals surface area contributed by atoms with Gasteiger partial charge in [-0.15, -0.1) is 0 Å². The van der Waals surface area contributed by atoms with Crippen molar-refractivity contribution in [2.75, 3.05) is 23.3 Å². The van der Waals surface area contributed by atoms with E-state index in [9.17, 15) is 0 Å². The number of hydrogen-bond donors (Lipinski definition) is 3. The summed E-state index contributed by atoms with van der Waals surface area (Å²) in [6, 6.07) is 10.6. The molecule has 5 heteroatoms. The van der Waals surface area contributed by atoms with E-state index in [0.29, 0.717) is 18.4 Å². The van der Waals surface area contributed by atoms with Gasteiger partial charge in [-0.05, 0) is 67.1 Å². The molecule has 5 N–H and O–H groups in total. The van der Waals surface area contributed by atoms with Gasteiger partial charge in [-0.25, -0.2) is 4.98 Å². The maximum atomic E-state index is 5.95. The Labute approximate surface area is 168 Å². The van der Waals surface area contributed by atoms with Gasteiger partial charge in [0.1, 0.15) is 5.82 Å². The van der Waals surface area contributed by atoms with Gasteiger partial charge in [-0.1, -0.05) is 26.5 Å². The van der Waals surface area contributed by atoms with Gasteiger partial charge in [0, 0.05) is 41.6 Å². The first kappa shape index (κ1) is 20.0. The maximum Gasteiger partial charge on any atom is 0.129 e. The molecule has 2 aromatic rings. The number of nitrogens with one attached hydrogen (secondary N) is 1. The Kier molecular flexibility index (Phi) is 6.05. The molecule has 1 fully saturated rings. The predicted octanol–water partition coefficient (Wildman–Crippen LogP) is 4.22. The number of hydrogen-bond acceptors (Lipinski definition) is 5. The molecular weight excluding hydrogens is 346 g/mol. The molecule has 0 amide bonds. The Morgan fingerprint density at radius 2 is 2.07 bits per heavy atom. The van der Waals surface area contributed by atoms with Crippen molar-refractivity contribution in [2.24, 2.45) is 23.3 Å². The number of aryl methyl sites for hydroxylation is 1. The van der Waals surface area contributed by atoms with Crippen LogP contribution in [-0.2, 0) is 0 Å². The van der Waals surface area contributed by atoms with E-state index >= 15 is 0 Å². The van der Waals surface area contributed by atoms with Crippen LogP contribution in [0.4, 0.5) is 11.5 Å². The SMILES string of the molecule is C=C1CC(CN)CN1c1ccc(-c2ccc(N/C=C(\N)C(C)C)nc2)cc1C. The summed E-state index contributed by atoms with van der Waals surface area (Å²) in [5.74, 6) is 1.58. The van der Waals surface area contributed by atoms with Crippen LogP contribution in [0.2, 0.25) is 0 Å². The number of rotatable bonds is 6. The fraction of sp³-hybridized carbons (Fsp3) is 0.348. The van der Waals surface area contributed by atoms with Gasteiger partial charge >= 0.3 is 0 Å². The minimum Gasteiger partial charge on any atom is -0.401 e. The molecule has 3 rings (SSSR count). The third kappa shape index (κ3) is 4.37. The van der Waals surface area contributed by atoms with Crippen molar-refractivity contribution in [3.05, 3.63) is 66.3 Å². The van der Waals surface area contributed by atoms with Crippen molar-refractivity contribution in [3.63, 3.8) is 0 Å². The van der Waals surface area contributed by atoms with Crippen molar-refractivity contribution in [1.82, 2.24) is 4.98 Å². The van der Waals surface area contributed by atoms with E-state index in [-0.39, 0.29) is 0 Å². The zero-order valence-electron chi connectivity index (χ0n) is 17.1. The lowest BCUT2D eigenvalue weighted by molar-refractivity contribution is 0.609. The topological polar surface area (TPSA) is 80.2 Å². The molecule has 1 unspecified atom stereocenters. The monoisotopic (exact) mass is 377 g/mol. The molecular formula is C23H31N5. The lowest BCUT2D eigenvalue weighted by atomic mass is 10.0. The Morgan fingerprint density at radius 1 is 1.32 bits per heavy atom. The first-order valence-corrected chi connectivity index (χ1v) is 9.83. The largest absolute Gasteiger partial charge is 0.401 e. The number of allylic oxidation sites excluding steroid dienone is 2. The number of aromatic nitrogens is 1. The molecule has 1 aliphatic rings. The highest BCUT2D eigenvalue weighted by atomic mass is 15.2. The third-order valence-corrected chi connectivity index (χ3v) is 5.32. The van der Waals surface area contributed by atoms with Crippen LogP contribution in [0, 0.1) is 18.8 Å². The van der Waals surface area contributed by atoms with Gasteiger partial charge in [0.25, 0.3) is 0 Å². The van der Waals surface area contributed by atoms with E-state index in [1.807, 2.05) is 18.5 Å². The molecule has 1 aromatic heterocycles. The normalized spacial score (nSPS) is 17.5. The number of anilines is 2. The van der Waals surface area contributed by atoms with Gasteiger partial charge in [0.15, 0.2) is 0 Å². The van der Waals surface area contributed by atoms with Crippen molar-refractivity contribution in [1.29, 1.82) is 0 Å². The number of benzene rings is 1. The molecule has 1 atom stereocenters. The molecule has 1 aromatic carbocycles. The van der Waals surface area contributed by atoms with Crippen LogP contribution < -0.4 is 21.7 Å². The van der Waals surface area contributed by atoms with Gasteiger partial charge < -0.3 is 21.7 Å². The fourth-order valence-corrected chi connectivity index (χ4v) is 3.43. The van der Waals surface area contributed by atoms with Gasteiger partial charge in [0.2, 0.25) is 0 Å². The van der Waals surface area contributed by atoms with Crippen LogP contribution in [-0.4, -0.2) is 18.1 Å². The van der Waals surface area contributed by atoms with Gasteiger partial charge in [-0.2, -0.15) is 0 Å². The summed E-state index contributed by atoms with van der Waals surface area (Å²) < 4.78 is 0. The number of nitrogens with two attached hydrogens (primary N) is 2. The van der Waals surface area contributed by atoms with Crippen molar-refractivity contribution < 1.29 is 0 Å². The van der Waals surface area contributed by atoms with E-state index in [1.165, 1.54) is 11.3 Å². The molecule has 28 heavy (non-hydrogen) atoms. The van der Waals surface area contributed by atoms with E-state index in [0.717, 1.165) is 41.3 Å². The molecule has 0 radical (unpaired) electrons. The molecule has 0 saturated carbocycles. The van der Waals surface area contributed by atoms with E-state index < -0.39 is 0 Å². The Morgan fingerprint density at radius 3 is 2.64 bits per heavy atom. The Balaban J connectivity index is 1.75. The predicted molar refractivity (Wildman–Crippen MR) is 119 cm³/mol. The van der Waals surface area contributed by atoms with Crippen molar-refractivity contribution >= 4 is 11.5 Å². The summed E-state index contributed by atoms with van der Waals surface area (Å²) in [5, 5.41) is 3.15. The van der Waals surface area contributed by atoms with Crippen molar-refractivity contribution in [2.45, 2.75) is 27.2 Å². The third-order valence-electron chi connectivity index (χ3n) is 5.32. The Bertz CT molecular complexity index is 867. The zero-order valence-corrected chi connectivity index (χ0v) is 17.1. The quantitative estimate of drug-likeness (QED) is 0.702. The molecule has 1 saturated heterocycles. The molecule has 148 valence electrons. The summed E-state index contributed by atoms with van der Waals surface area (Å²) in [5.41, 5.74) is 18.4. The molecule has 5 nitrogen and oxygen atoms in total. The highest BCUT2D eigenvalue weighted by Crippen LogP contribution is 2.34. The van der Waals surface area contributed by atoms with E-state index in [4.69, 9.17) is 11.5 Å². The number of nitrogens with zero attached hydrogens (tertiary/aromatic N) is 2. The minimum absolute atomic E-state index is 0.306. The van der Waals surface area contributed by atoms with Crippen LogP contribution >= 0.6 is 0 Å². The lowest BCUT2D eigenvalue weighted by Crippen LogP contribution is -2.22. The highest BCUT2D eigenvalue weighted by molar-refractivity contribution is 5.70. The average molecular weight is 378 g/mol.